The minimum Gasteiger partial charge on any atom is -0.343 e. The van der Waals surface area contributed by atoms with Gasteiger partial charge in [0.15, 0.2) is 0 Å². The molecular formula is C28H35N5O2S. The summed E-state index contributed by atoms with van der Waals surface area (Å²) in [4.78, 5) is 38.3. The summed E-state index contributed by atoms with van der Waals surface area (Å²) >= 11 is 1.62. The smallest absolute Gasteiger partial charge is 0.246 e. The van der Waals surface area contributed by atoms with Crippen LogP contribution in [0.4, 0.5) is 0 Å². The van der Waals surface area contributed by atoms with E-state index in [1.165, 1.54) is 6.42 Å². The average molecular weight is 506 g/mol. The molecule has 1 aromatic carbocycles. The van der Waals surface area contributed by atoms with Crippen LogP contribution in [0.15, 0.2) is 41.9 Å². The normalized spacial score (nSPS) is 20.4. The molecule has 3 heterocycles. The number of amides is 2. The lowest BCUT2D eigenvalue weighted by atomic mass is 9.83. The molecule has 1 saturated heterocycles. The molecule has 1 unspecified atom stereocenters. The van der Waals surface area contributed by atoms with Gasteiger partial charge in [-0.3, -0.25) is 14.6 Å². The van der Waals surface area contributed by atoms with Crippen molar-refractivity contribution in [2.24, 2.45) is 5.92 Å². The van der Waals surface area contributed by atoms with Crippen molar-refractivity contribution in [3.63, 3.8) is 0 Å². The maximum atomic E-state index is 14.0. The summed E-state index contributed by atoms with van der Waals surface area (Å²) in [6.45, 7) is 2.54. The number of thiazole rings is 1. The van der Waals surface area contributed by atoms with Crippen molar-refractivity contribution in [1.82, 2.24) is 25.5 Å². The Morgan fingerprint density at radius 3 is 2.72 bits per heavy atom. The number of aromatic nitrogens is 2. The second kappa shape index (κ2) is 11.0. The fourth-order valence-corrected chi connectivity index (χ4v) is 6.58. The van der Waals surface area contributed by atoms with Crippen LogP contribution in [-0.4, -0.2) is 52.4 Å². The summed E-state index contributed by atoms with van der Waals surface area (Å²) in [7, 11) is 1.77. The highest BCUT2D eigenvalue weighted by molar-refractivity contribution is 7.10. The number of benzene rings is 1. The van der Waals surface area contributed by atoms with E-state index < -0.39 is 6.04 Å². The summed E-state index contributed by atoms with van der Waals surface area (Å²) in [5.74, 6) is 0.126. The largest absolute Gasteiger partial charge is 0.343 e. The summed E-state index contributed by atoms with van der Waals surface area (Å²) < 4.78 is 0. The Kier molecular flexibility index (Phi) is 7.62. The molecule has 2 aliphatic rings. The first-order valence-corrected chi connectivity index (χ1v) is 14.0. The maximum Gasteiger partial charge on any atom is 0.246 e. The Morgan fingerprint density at radius 1 is 1.08 bits per heavy atom. The molecule has 2 aromatic heterocycles. The van der Waals surface area contributed by atoms with Crippen LogP contribution in [0.3, 0.4) is 0 Å². The molecule has 8 heteroatoms. The first-order valence-electron chi connectivity index (χ1n) is 13.1. The number of likely N-dealkylation sites (N-methyl/N-ethyl adjacent to an activating group) is 1. The van der Waals surface area contributed by atoms with E-state index >= 15 is 0 Å². The van der Waals surface area contributed by atoms with E-state index in [0.717, 1.165) is 65.7 Å². The van der Waals surface area contributed by atoms with Crippen LogP contribution in [-0.2, 0) is 9.59 Å². The second-order valence-corrected chi connectivity index (χ2v) is 10.9. The van der Waals surface area contributed by atoms with E-state index in [2.05, 4.69) is 33.1 Å². The number of hydrogen-bond donors (Lipinski definition) is 2. The molecule has 0 radical (unpaired) electrons. The zero-order chi connectivity index (χ0) is 25.1. The van der Waals surface area contributed by atoms with Gasteiger partial charge in [0.1, 0.15) is 11.0 Å². The Balaban J connectivity index is 1.40. The van der Waals surface area contributed by atoms with Gasteiger partial charge in [-0.15, -0.1) is 11.3 Å². The van der Waals surface area contributed by atoms with Crippen molar-refractivity contribution in [2.45, 2.75) is 70.0 Å². The molecule has 0 spiro atoms. The molecule has 1 aliphatic carbocycles. The van der Waals surface area contributed by atoms with E-state index in [-0.39, 0.29) is 29.8 Å². The zero-order valence-electron chi connectivity index (χ0n) is 21.1. The predicted octanol–water partition coefficient (Wildman–Crippen LogP) is 4.69. The number of nitrogens with one attached hydrogen (secondary N) is 2. The van der Waals surface area contributed by atoms with Crippen LogP contribution in [0.5, 0.6) is 0 Å². The number of hydrogen-bond acceptors (Lipinski definition) is 6. The highest BCUT2D eigenvalue weighted by atomic mass is 32.1. The van der Waals surface area contributed by atoms with Crippen molar-refractivity contribution in [2.75, 3.05) is 13.6 Å². The van der Waals surface area contributed by atoms with E-state index in [9.17, 15) is 9.59 Å². The highest BCUT2D eigenvalue weighted by Gasteiger charge is 2.40. The van der Waals surface area contributed by atoms with Crippen molar-refractivity contribution >= 4 is 34.1 Å². The van der Waals surface area contributed by atoms with Crippen LogP contribution in [0, 0.1) is 5.92 Å². The van der Waals surface area contributed by atoms with Gasteiger partial charge in [0, 0.05) is 29.1 Å². The molecule has 3 aromatic rings. The lowest BCUT2D eigenvalue weighted by Gasteiger charge is -2.35. The Hall–Kier alpha value is -2.84. The number of pyridine rings is 1. The molecule has 36 heavy (non-hydrogen) atoms. The van der Waals surface area contributed by atoms with E-state index in [0.29, 0.717) is 6.54 Å². The van der Waals surface area contributed by atoms with E-state index in [1.54, 1.807) is 24.6 Å². The Bertz CT molecular complexity index is 1220. The van der Waals surface area contributed by atoms with Gasteiger partial charge in [0.2, 0.25) is 11.8 Å². The zero-order valence-corrected chi connectivity index (χ0v) is 21.9. The van der Waals surface area contributed by atoms with Gasteiger partial charge < -0.3 is 15.5 Å². The van der Waals surface area contributed by atoms with Gasteiger partial charge in [0.05, 0.1) is 23.3 Å². The maximum absolute atomic E-state index is 14.0. The molecule has 2 fully saturated rings. The third-order valence-electron chi connectivity index (χ3n) is 7.78. The molecule has 7 nitrogen and oxygen atoms in total. The van der Waals surface area contributed by atoms with Crippen molar-refractivity contribution in [3.8, 4) is 11.3 Å². The van der Waals surface area contributed by atoms with E-state index in [4.69, 9.17) is 4.98 Å². The highest BCUT2D eigenvalue weighted by Crippen LogP contribution is 2.38. The number of nitrogens with zero attached hydrogens (tertiary/aromatic N) is 3. The van der Waals surface area contributed by atoms with Gasteiger partial charge in [0.25, 0.3) is 0 Å². The lowest BCUT2D eigenvalue weighted by molar-refractivity contribution is -0.139. The number of carbonyl (C=O) groups excluding carboxylic acids is 2. The molecule has 2 amide bonds. The minimum atomic E-state index is -0.474. The third-order valence-corrected chi connectivity index (χ3v) is 8.72. The first kappa shape index (κ1) is 24.8. The first-order chi connectivity index (χ1) is 17.6. The van der Waals surface area contributed by atoms with Gasteiger partial charge in [-0.25, -0.2) is 4.98 Å². The van der Waals surface area contributed by atoms with Crippen LogP contribution in [0.25, 0.3) is 22.2 Å². The summed E-state index contributed by atoms with van der Waals surface area (Å²) in [5.41, 5.74) is 2.93. The number of fused-ring (bicyclic) bond motifs is 1. The molecule has 5 rings (SSSR count). The van der Waals surface area contributed by atoms with Gasteiger partial charge >= 0.3 is 0 Å². The number of rotatable bonds is 7. The molecule has 3 atom stereocenters. The fourth-order valence-electron chi connectivity index (χ4n) is 5.62. The predicted molar refractivity (Wildman–Crippen MR) is 144 cm³/mol. The van der Waals surface area contributed by atoms with Crippen molar-refractivity contribution < 1.29 is 9.59 Å². The molecule has 1 saturated carbocycles. The van der Waals surface area contributed by atoms with Gasteiger partial charge in [-0.05, 0) is 57.7 Å². The van der Waals surface area contributed by atoms with Gasteiger partial charge in [-0.2, -0.15) is 0 Å². The average Bonchev–Trinajstić information content (AvgIpc) is 3.61. The molecule has 2 N–H and O–H groups in total. The SMILES string of the molecule is CN[C@@H](C)C(=O)N[C@H](C(=O)N1CCCC1c1nc(-c2cccc3ncccc23)cs1)C1CCCCC1. The van der Waals surface area contributed by atoms with Crippen LogP contribution < -0.4 is 10.6 Å². The summed E-state index contributed by atoms with van der Waals surface area (Å²) in [6.07, 6.45) is 9.06. The molecular weight excluding hydrogens is 470 g/mol. The quantitative estimate of drug-likeness (QED) is 0.486. The standard InChI is InChI=1S/C28H35N5O2S/c1-18(29-2)26(34)32-25(19-9-4-3-5-10-19)28(35)33-16-8-14-24(33)27-31-23(17-36-27)21-11-6-13-22-20(21)12-7-15-30-22/h6-7,11-13,15,17-19,24-25,29H,3-5,8-10,14,16H2,1-2H3,(H,32,34)/t18-,24?,25-/m0/s1. The van der Waals surface area contributed by atoms with Gasteiger partial charge in [-0.1, -0.05) is 37.5 Å². The monoisotopic (exact) mass is 505 g/mol. The van der Waals surface area contributed by atoms with E-state index in [1.807, 2.05) is 30.0 Å². The minimum absolute atomic E-state index is 0.0472. The Morgan fingerprint density at radius 2 is 1.92 bits per heavy atom. The molecule has 1 aliphatic heterocycles. The second-order valence-electron chi connectivity index (χ2n) is 10.0. The van der Waals surface area contributed by atoms with Crippen molar-refractivity contribution in [3.05, 3.63) is 46.9 Å². The number of likely N-dealkylation sites (tertiary alicyclic amines) is 1. The Labute approximate surface area is 216 Å². The van der Waals surface area contributed by atoms with Crippen LogP contribution in [0.1, 0.15) is 62.9 Å². The number of carbonyl (C=O) groups is 2. The molecule has 190 valence electrons. The lowest BCUT2D eigenvalue weighted by Crippen LogP contribution is -2.55. The van der Waals surface area contributed by atoms with Crippen LogP contribution >= 0.6 is 11.3 Å². The topological polar surface area (TPSA) is 87.2 Å². The molecule has 0 bridgehead atoms. The fraction of sp³-hybridized carbons (Fsp3) is 0.500. The summed E-state index contributed by atoms with van der Waals surface area (Å²) in [5, 5.41) is 10.3. The third kappa shape index (κ3) is 5.02. The van der Waals surface area contributed by atoms with Crippen LogP contribution in [0.2, 0.25) is 0 Å². The van der Waals surface area contributed by atoms with Crippen molar-refractivity contribution in [1.29, 1.82) is 0 Å². The summed E-state index contributed by atoms with van der Waals surface area (Å²) in [6, 6.07) is 9.27.